The minimum absolute atomic E-state index is 0.0460. The number of halogens is 6. The molecule has 22 nitrogen and oxygen atoms in total. The van der Waals surface area contributed by atoms with Crippen LogP contribution < -0.4 is 20.1 Å². The molecular weight excluding hydrogens is 1250 g/mol. The van der Waals surface area contributed by atoms with Crippen LogP contribution in [-0.4, -0.2) is 149 Å². The van der Waals surface area contributed by atoms with E-state index in [0.717, 1.165) is 96.6 Å². The number of rotatable bonds is 16. The summed E-state index contributed by atoms with van der Waals surface area (Å²) in [4.78, 5) is 92.2. The van der Waals surface area contributed by atoms with Crippen molar-refractivity contribution in [2.45, 2.75) is 75.7 Å². The standard InChI is InChI=1S/2C27H26F3N3O2.3C4H4O4/c2*28-27(29,30)35-22-10-6-7-19(17-22)18-32-15-13-21(14-16-32)33-25(20-8-2-1-3-9-20)23-11-4-5-12-24(23)31-26(33)34;3*5-3(6)1-2-4(7)8/h2*1-12,17,21,25H,13-16,18H2,(H,31,34);3*1-2H,(H,5,6)(H,7,8)/b;;3*2-1+/t2*25-;;;/m00.../s1. The van der Waals surface area contributed by atoms with Gasteiger partial charge >= 0.3 is 60.6 Å². The number of aliphatic carboxylic acids is 6. The molecule has 0 radical (unpaired) electrons. The molecule has 8 N–H and O–H groups in total. The van der Waals surface area contributed by atoms with Crippen LogP contribution in [0.15, 0.2) is 194 Å². The largest absolute Gasteiger partial charge is 0.573 e. The highest BCUT2D eigenvalue weighted by Gasteiger charge is 2.41. The molecule has 0 aliphatic carbocycles. The second kappa shape index (κ2) is 34.4. The number of carboxylic acid groups (broad SMARTS) is 6. The summed E-state index contributed by atoms with van der Waals surface area (Å²) in [5.74, 6) is -7.96. The number of fused-ring (bicyclic) bond motifs is 2. The zero-order valence-electron chi connectivity index (χ0n) is 49.7. The molecule has 2 saturated heterocycles. The summed E-state index contributed by atoms with van der Waals surface area (Å²) < 4.78 is 83.5. The van der Waals surface area contributed by atoms with Crippen molar-refractivity contribution in [1.29, 1.82) is 0 Å². The van der Waals surface area contributed by atoms with Gasteiger partial charge in [0.1, 0.15) is 11.5 Å². The molecule has 10 rings (SSSR count). The Morgan fingerprint density at radius 3 is 0.989 bits per heavy atom. The molecule has 0 aromatic heterocycles. The number of para-hydroxylation sites is 2. The van der Waals surface area contributed by atoms with E-state index in [1.165, 1.54) is 24.3 Å². The molecular formula is C66H64F6N6O16. The van der Waals surface area contributed by atoms with Crippen LogP contribution in [0, 0.1) is 0 Å². The number of nitrogens with zero attached hydrogens (tertiary/aromatic N) is 4. The number of benzene rings is 6. The molecule has 4 aliphatic heterocycles. The number of nitrogens with one attached hydrogen (secondary N) is 2. The fraction of sp³-hybridized carbons (Fsp3) is 0.242. The first-order valence-corrected chi connectivity index (χ1v) is 28.6. The minimum atomic E-state index is -4.71. The predicted octanol–water partition coefficient (Wildman–Crippen LogP) is 11.5. The Balaban J connectivity index is 0.000000222. The highest BCUT2D eigenvalue weighted by Crippen LogP contribution is 2.42. The molecule has 28 heteroatoms. The SMILES string of the molecule is O=C(O)/C=C/C(=O)O.O=C(O)/C=C/C(=O)O.O=C(O)/C=C/C(=O)O.O=C1Nc2ccccc2[C@H](c2ccccc2)N1C1CCN(Cc2cccc(OC(F)(F)F)c2)CC1.O=C1Nc2ccccc2[C@H](c2ccccc2)N1C1CCN(Cc2cccc(OC(F)(F)F)c2)CC1. The Morgan fingerprint density at radius 1 is 0.415 bits per heavy atom. The average molecular weight is 1310 g/mol. The van der Waals surface area contributed by atoms with Gasteiger partial charge in [-0.1, -0.05) is 121 Å². The quantitative estimate of drug-likeness (QED) is 0.0330. The number of carbonyl (C=O) groups excluding carboxylic acids is 2. The number of hydrogen-bond donors (Lipinski definition) is 8. The van der Waals surface area contributed by atoms with E-state index in [0.29, 0.717) is 49.5 Å². The van der Waals surface area contributed by atoms with Crippen molar-refractivity contribution in [2.24, 2.45) is 0 Å². The van der Waals surface area contributed by atoms with E-state index in [2.05, 4.69) is 66.3 Å². The highest BCUT2D eigenvalue weighted by atomic mass is 19.4. The smallest absolute Gasteiger partial charge is 0.478 e. The first-order valence-electron chi connectivity index (χ1n) is 28.6. The molecule has 2 atom stereocenters. The van der Waals surface area contributed by atoms with Crippen molar-refractivity contribution in [2.75, 3.05) is 36.8 Å². The molecule has 0 spiro atoms. The topological polar surface area (TPSA) is 313 Å². The molecule has 0 unspecified atom stereocenters. The Kier molecular flexibility index (Phi) is 26.4. The summed E-state index contributed by atoms with van der Waals surface area (Å²) in [5, 5.41) is 53.0. The van der Waals surface area contributed by atoms with E-state index < -0.39 is 48.5 Å². The zero-order chi connectivity index (χ0) is 68.5. The van der Waals surface area contributed by atoms with Gasteiger partial charge in [-0.25, -0.2) is 38.4 Å². The van der Waals surface area contributed by atoms with E-state index in [1.807, 2.05) is 82.6 Å². The van der Waals surface area contributed by atoms with Gasteiger partial charge in [0.2, 0.25) is 0 Å². The molecule has 94 heavy (non-hydrogen) atoms. The van der Waals surface area contributed by atoms with Crippen LogP contribution in [0.4, 0.5) is 47.3 Å². The third-order valence-electron chi connectivity index (χ3n) is 14.3. The van der Waals surface area contributed by atoms with Crippen LogP contribution in [0.25, 0.3) is 0 Å². The number of amides is 4. The number of hydrogen-bond acceptors (Lipinski definition) is 12. The van der Waals surface area contributed by atoms with E-state index in [4.69, 9.17) is 30.6 Å². The van der Waals surface area contributed by atoms with Gasteiger partial charge < -0.3 is 60.5 Å². The first kappa shape index (κ1) is 72.1. The molecule has 6 aromatic rings. The summed E-state index contributed by atoms with van der Waals surface area (Å²) in [7, 11) is 0. The van der Waals surface area contributed by atoms with Crippen LogP contribution in [0.1, 0.15) is 71.1 Å². The summed E-state index contributed by atoms with van der Waals surface area (Å²) in [6.45, 7) is 4.01. The Labute approximate surface area is 533 Å². The lowest BCUT2D eigenvalue weighted by Crippen LogP contribution is -2.52. The van der Waals surface area contributed by atoms with Crippen molar-refractivity contribution < 1.29 is 105 Å². The molecule has 0 saturated carbocycles. The van der Waals surface area contributed by atoms with Gasteiger partial charge in [-0.05, 0) is 84.3 Å². The minimum Gasteiger partial charge on any atom is -0.478 e. The van der Waals surface area contributed by atoms with E-state index in [1.54, 1.807) is 24.3 Å². The number of urea groups is 2. The normalized spacial score (nSPS) is 16.7. The molecule has 0 bridgehead atoms. The Hall–Kier alpha value is -11.0. The van der Waals surface area contributed by atoms with Crippen molar-refractivity contribution >= 4 is 59.3 Å². The monoisotopic (exact) mass is 1310 g/mol. The van der Waals surface area contributed by atoms with Gasteiger partial charge in [-0.15, -0.1) is 26.3 Å². The molecule has 2 fully saturated rings. The van der Waals surface area contributed by atoms with Gasteiger partial charge in [0.15, 0.2) is 0 Å². The van der Waals surface area contributed by atoms with Crippen molar-refractivity contribution in [1.82, 2.24) is 19.6 Å². The Morgan fingerprint density at radius 2 is 0.702 bits per heavy atom. The number of carboxylic acids is 6. The molecule has 4 heterocycles. The van der Waals surface area contributed by atoms with Crippen LogP contribution in [0.2, 0.25) is 0 Å². The lowest BCUT2D eigenvalue weighted by molar-refractivity contribution is -0.275. The number of likely N-dealkylation sites (tertiary alicyclic amines) is 2. The van der Waals surface area contributed by atoms with Gasteiger partial charge in [0.25, 0.3) is 0 Å². The maximum absolute atomic E-state index is 13.3. The predicted molar refractivity (Wildman–Crippen MR) is 327 cm³/mol. The number of carbonyl (C=O) groups is 8. The molecule has 496 valence electrons. The van der Waals surface area contributed by atoms with E-state index in [9.17, 15) is 64.7 Å². The second-order valence-electron chi connectivity index (χ2n) is 20.9. The van der Waals surface area contributed by atoms with Gasteiger partial charge in [0, 0.05) is 110 Å². The maximum Gasteiger partial charge on any atom is 0.573 e. The third-order valence-corrected chi connectivity index (χ3v) is 14.3. The first-order chi connectivity index (χ1) is 44.6. The zero-order valence-corrected chi connectivity index (χ0v) is 49.7. The molecule has 6 aromatic carbocycles. The van der Waals surface area contributed by atoms with Gasteiger partial charge in [-0.3, -0.25) is 9.80 Å². The van der Waals surface area contributed by atoms with E-state index >= 15 is 0 Å². The fourth-order valence-electron chi connectivity index (χ4n) is 10.6. The highest BCUT2D eigenvalue weighted by molar-refractivity contribution is 5.95. The summed E-state index contributed by atoms with van der Waals surface area (Å²) in [6, 6.07) is 47.7. The summed E-state index contributed by atoms with van der Waals surface area (Å²) in [6.07, 6.45) is -2.97. The van der Waals surface area contributed by atoms with Gasteiger partial charge in [0.05, 0.1) is 12.1 Å². The summed E-state index contributed by atoms with van der Waals surface area (Å²) >= 11 is 0. The number of anilines is 2. The van der Waals surface area contributed by atoms with Crippen molar-refractivity contribution in [3.05, 3.63) is 228 Å². The fourth-order valence-corrected chi connectivity index (χ4v) is 10.6. The number of piperidine rings is 2. The van der Waals surface area contributed by atoms with Crippen LogP contribution >= 0.6 is 0 Å². The number of ether oxygens (including phenoxy) is 2. The Bertz CT molecular complexity index is 3350. The molecule has 4 aliphatic rings. The van der Waals surface area contributed by atoms with Crippen LogP contribution in [0.3, 0.4) is 0 Å². The van der Waals surface area contributed by atoms with Crippen LogP contribution in [0.5, 0.6) is 11.5 Å². The van der Waals surface area contributed by atoms with Crippen molar-refractivity contribution in [3.8, 4) is 11.5 Å². The maximum atomic E-state index is 13.3. The molecule has 4 amide bonds. The number of alkyl halides is 6. The van der Waals surface area contributed by atoms with Gasteiger partial charge in [-0.2, -0.15) is 0 Å². The summed E-state index contributed by atoms with van der Waals surface area (Å²) in [5.41, 5.74) is 7.47. The van der Waals surface area contributed by atoms with Crippen LogP contribution in [-0.2, 0) is 41.9 Å². The average Bonchev–Trinajstić information content (AvgIpc) is 0.770. The second-order valence-corrected chi connectivity index (χ2v) is 20.9. The lowest BCUT2D eigenvalue weighted by Gasteiger charge is -2.45. The lowest BCUT2D eigenvalue weighted by atomic mass is 9.90. The van der Waals surface area contributed by atoms with Crippen molar-refractivity contribution in [3.63, 3.8) is 0 Å². The third kappa shape index (κ3) is 23.7. The van der Waals surface area contributed by atoms with E-state index in [-0.39, 0.29) is 47.7 Å².